The van der Waals surface area contributed by atoms with Crippen molar-refractivity contribution in [2.45, 2.75) is 6.92 Å². The molecule has 34 heavy (non-hydrogen) atoms. The van der Waals surface area contributed by atoms with Crippen molar-refractivity contribution >= 4 is 28.9 Å². The molecule has 1 saturated carbocycles. The Morgan fingerprint density at radius 1 is 1.26 bits per heavy atom. The molecule has 3 aromatic rings. The van der Waals surface area contributed by atoms with Crippen LogP contribution in [0.5, 0.6) is 17.4 Å². The molecular formula is C24H25FN6O2S. The SMILES string of the molecule is CCN(C)SNc1ccc(F)c(Oc2ccc3ncc(OCC4C5CNCC54)nc3c2)c1C#N. The number of fused-ring (bicyclic) bond motifs is 2. The van der Waals surface area contributed by atoms with E-state index in [4.69, 9.17) is 9.47 Å². The van der Waals surface area contributed by atoms with Gasteiger partial charge in [0.2, 0.25) is 5.88 Å². The van der Waals surface area contributed by atoms with Crippen LogP contribution in [0.3, 0.4) is 0 Å². The number of halogens is 1. The van der Waals surface area contributed by atoms with Gasteiger partial charge in [-0.2, -0.15) is 5.26 Å². The van der Waals surface area contributed by atoms with Crippen LogP contribution >= 0.6 is 12.1 Å². The van der Waals surface area contributed by atoms with Crippen molar-refractivity contribution in [2.75, 3.05) is 38.0 Å². The average molecular weight is 481 g/mol. The molecule has 0 bridgehead atoms. The molecule has 1 aromatic heterocycles. The Morgan fingerprint density at radius 2 is 2.09 bits per heavy atom. The zero-order chi connectivity index (χ0) is 23.7. The number of anilines is 1. The summed E-state index contributed by atoms with van der Waals surface area (Å²) in [6, 6.07) is 9.95. The van der Waals surface area contributed by atoms with E-state index >= 15 is 0 Å². The van der Waals surface area contributed by atoms with E-state index in [1.54, 1.807) is 24.4 Å². The van der Waals surface area contributed by atoms with E-state index in [9.17, 15) is 9.65 Å². The summed E-state index contributed by atoms with van der Waals surface area (Å²) in [6.07, 6.45) is 1.62. The Balaban J connectivity index is 1.34. The maximum Gasteiger partial charge on any atom is 0.232 e. The standard InChI is InChI=1S/C24H25FN6O2S/c1-3-31(2)34-30-20-7-5-19(25)24(15(20)9-26)33-14-4-6-21-22(8-14)29-23(12-28-21)32-13-18-16-10-27-11-17(16)18/h4-8,12,16-18,27,30H,3,10-11,13H2,1-2H3. The minimum absolute atomic E-state index is 0.0877. The molecule has 2 aromatic carbocycles. The summed E-state index contributed by atoms with van der Waals surface area (Å²) >= 11 is 1.32. The second-order valence-electron chi connectivity index (χ2n) is 8.47. The molecule has 0 spiro atoms. The molecule has 176 valence electrons. The molecule has 2 aliphatic rings. The van der Waals surface area contributed by atoms with Gasteiger partial charge >= 0.3 is 0 Å². The maximum atomic E-state index is 14.7. The Morgan fingerprint density at radius 3 is 2.85 bits per heavy atom. The number of aromatic nitrogens is 2. The summed E-state index contributed by atoms with van der Waals surface area (Å²) < 4.78 is 31.4. The highest BCUT2D eigenvalue weighted by atomic mass is 32.2. The van der Waals surface area contributed by atoms with Gasteiger partial charge in [0.15, 0.2) is 11.6 Å². The molecule has 0 radical (unpaired) electrons. The topological polar surface area (TPSA) is 95.3 Å². The van der Waals surface area contributed by atoms with Crippen molar-refractivity contribution in [1.29, 1.82) is 5.26 Å². The molecule has 5 rings (SSSR count). The summed E-state index contributed by atoms with van der Waals surface area (Å²) in [5.41, 5.74) is 1.80. The van der Waals surface area contributed by atoms with Crippen LogP contribution in [0.2, 0.25) is 0 Å². The lowest BCUT2D eigenvalue weighted by atomic mass is 10.1. The number of nitrogens with zero attached hydrogens (tertiary/aromatic N) is 4. The third-order valence-corrected chi connectivity index (χ3v) is 7.26. The fraction of sp³-hybridized carbons (Fsp3) is 0.375. The van der Waals surface area contributed by atoms with Gasteiger partial charge in [0, 0.05) is 30.7 Å². The van der Waals surface area contributed by atoms with Gasteiger partial charge in [-0.3, -0.25) is 0 Å². The first-order chi connectivity index (χ1) is 16.6. The number of nitriles is 1. The second kappa shape index (κ2) is 9.62. The molecule has 2 heterocycles. The first kappa shape index (κ1) is 22.7. The van der Waals surface area contributed by atoms with E-state index in [1.807, 2.05) is 18.3 Å². The Labute approximate surface area is 201 Å². The van der Waals surface area contributed by atoms with Gasteiger partial charge in [0.25, 0.3) is 0 Å². The molecule has 2 fully saturated rings. The summed E-state index contributed by atoms with van der Waals surface area (Å²) in [6.45, 7) is 5.57. The van der Waals surface area contributed by atoms with Gasteiger partial charge in [-0.05, 0) is 56.2 Å². The molecule has 2 atom stereocenters. The minimum atomic E-state index is -0.622. The zero-order valence-corrected chi connectivity index (χ0v) is 19.7. The molecule has 8 nitrogen and oxygen atoms in total. The van der Waals surface area contributed by atoms with Crippen molar-refractivity contribution in [3.8, 4) is 23.4 Å². The van der Waals surface area contributed by atoms with Gasteiger partial charge in [-0.25, -0.2) is 18.7 Å². The molecule has 1 aliphatic heterocycles. The Hall–Kier alpha value is -3.13. The van der Waals surface area contributed by atoms with Crippen LogP contribution in [-0.4, -0.2) is 47.6 Å². The second-order valence-corrected chi connectivity index (χ2v) is 9.48. The zero-order valence-electron chi connectivity index (χ0n) is 18.9. The number of rotatable bonds is 9. The predicted molar refractivity (Wildman–Crippen MR) is 129 cm³/mol. The van der Waals surface area contributed by atoms with E-state index < -0.39 is 5.82 Å². The van der Waals surface area contributed by atoms with Crippen LogP contribution in [0.25, 0.3) is 11.0 Å². The Kier molecular flexibility index (Phi) is 6.41. The fourth-order valence-electron chi connectivity index (χ4n) is 4.25. The van der Waals surface area contributed by atoms with Crippen molar-refractivity contribution in [3.63, 3.8) is 0 Å². The summed E-state index contributed by atoms with van der Waals surface area (Å²) in [4.78, 5) is 8.97. The number of piperidine rings is 1. The van der Waals surface area contributed by atoms with Crippen LogP contribution in [0.1, 0.15) is 12.5 Å². The molecular weight excluding hydrogens is 455 g/mol. The van der Waals surface area contributed by atoms with Crippen LogP contribution in [0, 0.1) is 34.9 Å². The number of hydrogen-bond donors (Lipinski definition) is 2. The highest BCUT2D eigenvalue weighted by Crippen LogP contribution is 2.48. The minimum Gasteiger partial charge on any atom is -0.476 e. The van der Waals surface area contributed by atoms with Crippen molar-refractivity contribution in [3.05, 3.63) is 47.9 Å². The van der Waals surface area contributed by atoms with Crippen LogP contribution in [0.4, 0.5) is 10.1 Å². The molecule has 0 amide bonds. The van der Waals surface area contributed by atoms with Gasteiger partial charge in [0.1, 0.15) is 17.4 Å². The Bertz CT molecular complexity index is 1240. The van der Waals surface area contributed by atoms with Crippen LogP contribution < -0.4 is 19.5 Å². The normalized spacial score (nSPS) is 20.7. The molecule has 2 unspecified atom stereocenters. The van der Waals surface area contributed by atoms with E-state index in [1.165, 1.54) is 24.3 Å². The molecule has 1 aliphatic carbocycles. The predicted octanol–water partition coefficient (Wildman–Crippen LogP) is 4.20. The highest BCUT2D eigenvalue weighted by molar-refractivity contribution is 7.98. The van der Waals surface area contributed by atoms with Crippen molar-refractivity contribution < 1.29 is 13.9 Å². The van der Waals surface area contributed by atoms with Crippen LogP contribution in [-0.2, 0) is 0 Å². The number of hydrogen-bond acceptors (Lipinski definition) is 9. The first-order valence-electron chi connectivity index (χ1n) is 11.2. The maximum absolute atomic E-state index is 14.7. The van der Waals surface area contributed by atoms with E-state index in [0.29, 0.717) is 52.7 Å². The number of benzene rings is 2. The highest BCUT2D eigenvalue weighted by Gasteiger charge is 2.53. The summed E-state index contributed by atoms with van der Waals surface area (Å²) in [5.74, 6) is 2.05. The van der Waals surface area contributed by atoms with Gasteiger partial charge in [-0.1, -0.05) is 6.92 Å². The van der Waals surface area contributed by atoms with Gasteiger partial charge in [0.05, 0.1) is 29.5 Å². The van der Waals surface area contributed by atoms with Crippen molar-refractivity contribution in [2.24, 2.45) is 17.8 Å². The average Bonchev–Trinajstić information content (AvgIpc) is 3.27. The third kappa shape index (κ3) is 4.59. The molecule has 2 N–H and O–H groups in total. The molecule has 10 heteroatoms. The van der Waals surface area contributed by atoms with E-state index in [0.717, 1.165) is 19.6 Å². The summed E-state index contributed by atoms with van der Waals surface area (Å²) in [7, 11) is 1.91. The lowest BCUT2D eigenvalue weighted by Crippen LogP contribution is -2.17. The fourth-order valence-corrected chi connectivity index (χ4v) is 4.80. The van der Waals surface area contributed by atoms with E-state index in [2.05, 4.69) is 26.1 Å². The van der Waals surface area contributed by atoms with Crippen molar-refractivity contribution in [1.82, 2.24) is 19.6 Å². The first-order valence-corrected chi connectivity index (χ1v) is 12.0. The van der Waals surface area contributed by atoms with Gasteiger partial charge < -0.3 is 19.5 Å². The largest absolute Gasteiger partial charge is 0.476 e. The smallest absolute Gasteiger partial charge is 0.232 e. The third-order valence-electron chi connectivity index (χ3n) is 6.38. The quantitative estimate of drug-likeness (QED) is 0.437. The van der Waals surface area contributed by atoms with Gasteiger partial charge in [-0.15, -0.1) is 0 Å². The van der Waals surface area contributed by atoms with E-state index in [-0.39, 0.29) is 11.3 Å². The van der Waals surface area contributed by atoms with Crippen LogP contribution in [0.15, 0.2) is 36.5 Å². The lowest BCUT2D eigenvalue weighted by Gasteiger charge is -2.16. The number of ether oxygens (including phenoxy) is 2. The lowest BCUT2D eigenvalue weighted by molar-refractivity contribution is 0.270. The summed E-state index contributed by atoms with van der Waals surface area (Å²) in [5, 5.41) is 13.1. The molecule has 1 saturated heterocycles. The monoisotopic (exact) mass is 480 g/mol. The number of nitrogens with one attached hydrogen (secondary N) is 2.